The van der Waals surface area contributed by atoms with Crippen LogP contribution in [0.2, 0.25) is 0 Å². The van der Waals surface area contributed by atoms with Crippen molar-refractivity contribution in [1.82, 2.24) is 9.97 Å². The number of halogens is 6. The highest BCUT2D eigenvalue weighted by Crippen LogP contribution is 2.43. The van der Waals surface area contributed by atoms with E-state index in [0.29, 0.717) is 25.0 Å². The normalized spacial score (nSPS) is 11.6. The lowest BCUT2D eigenvalue weighted by Crippen LogP contribution is -2.21. The second kappa shape index (κ2) is 21.8. The molecular formula is C36H44F6N8O4S2. The van der Waals surface area contributed by atoms with Crippen LogP contribution in [-0.4, -0.2) is 58.2 Å². The van der Waals surface area contributed by atoms with Gasteiger partial charge in [0, 0.05) is 43.5 Å². The molecule has 306 valence electrons. The molecular weight excluding hydrogens is 787 g/mol. The molecule has 0 saturated heterocycles. The first-order valence-corrected chi connectivity index (χ1v) is 19.7. The van der Waals surface area contributed by atoms with E-state index in [4.69, 9.17) is 11.5 Å². The molecule has 0 aliphatic carbocycles. The van der Waals surface area contributed by atoms with Gasteiger partial charge in [-0.3, -0.25) is 19.2 Å². The number of amides is 4. The van der Waals surface area contributed by atoms with Gasteiger partial charge in [-0.1, -0.05) is 39.5 Å². The lowest BCUT2D eigenvalue weighted by Gasteiger charge is -2.19. The maximum Gasteiger partial charge on any atom is 0.416 e. The van der Waals surface area contributed by atoms with Gasteiger partial charge < -0.3 is 32.7 Å². The van der Waals surface area contributed by atoms with E-state index >= 15 is 0 Å². The van der Waals surface area contributed by atoms with Gasteiger partial charge in [0.1, 0.15) is 17.7 Å². The molecule has 20 heteroatoms. The summed E-state index contributed by atoms with van der Waals surface area (Å²) in [6.45, 7) is 4.08. The minimum absolute atomic E-state index is 0.0568. The number of thioether (sulfide) groups is 2. The lowest BCUT2D eigenvalue weighted by atomic mass is 10.1. The molecule has 8 N–H and O–H groups in total. The number of nitrogens with two attached hydrogens (primary N) is 2. The maximum atomic E-state index is 14.0. The smallest absolute Gasteiger partial charge is 0.330 e. The highest BCUT2D eigenvalue weighted by Gasteiger charge is 2.34. The number of hydrogen-bond donors (Lipinski definition) is 6. The fraction of sp³-hybridized carbons (Fsp3) is 0.444. The molecule has 0 aliphatic heterocycles. The molecule has 0 atom stereocenters. The van der Waals surface area contributed by atoms with E-state index in [-0.39, 0.29) is 70.0 Å². The first-order valence-electron chi connectivity index (χ1n) is 17.7. The van der Waals surface area contributed by atoms with Crippen molar-refractivity contribution in [3.63, 3.8) is 0 Å². The van der Waals surface area contributed by atoms with Gasteiger partial charge in [0.25, 0.3) is 11.8 Å². The van der Waals surface area contributed by atoms with Crippen LogP contribution in [0.1, 0.15) is 97.3 Å². The average Bonchev–Trinajstić information content (AvgIpc) is 3.13. The van der Waals surface area contributed by atoms with E-state index in [2.05, 4.69) is 31.2 Å². The Morgan fingerprint density at radius 3 is 1.27 bits per heavy atom. The standard InChI is InChI=1S/C36H44F6N8O4S2/c1-3-5-7-9-29(51)47-23-15-21(35(37,38)39)17-25(31(23)55-13-11-43)49-33(53)27-19-28(46-20-45-27)34(54)50-26-18-22(36(40,41)42)16-24(32(26)56-14-12-44)48-30(52)10-8-6-4-2/h15-20H,3-14,43-44H2,1-2H3,(H,47,51)(H,48,52)(H,49,53)(H,50,54). The second-order valence-electron chi connectivity index (χ2n) is 12.3. The van der Waals surface area contributed by atoms with Crippen LogP contribution in [0.3, 0.4) is 0 Å². The highest BCUT2D eigenvalue weighted by atomic mass is 32.2. The molecule has 0 aliphatic rings. The minimum atomic E-state index is -4.87. The monoisotopic (exact) mass is 830 g/mol. The zero-order valence-electron chi connectivity index (χ0n) is 30.7. The fourth-order valence-corrected chi connectivity index (χ4v) is 6.77. The number of hydrogen-bond acceptors (Lipinski definition) is 10. The van der Waals surface area contributed by atoms with Gasteiger partial charge in [-0.25, -0.2) is 9.97 Å². The zero-order chi connectivity index (χ0) is 41.5. The van der Waals surface area contributed by atoms with E-state index in [1.165, 1.54) is 0 Å². The molecule has 3 rings (SSSR count). The molecule has 56 heavy (non-hydrogen) atoms. The van der Waals surface area contributed by atoms with Gasteiger partial charge in [-0.05, 0) is 37.1 Å². The van der Waals surface area contributed by atoms with Gasteiger partial charge in [0.2, 0.25) is 11.8 Å². The van der Waals surface area contributed by atoms with Crippen molar-refractivity contribution in [3.8, 4) is 0 Å². The van der Waals surface area contributed by atoms with E-state index in [0.717, 1.165) is 73.7 Å². The Kier molecular flexibility index (Phi) is 17.9. The molecule has 3 aromatic rings. The Bertz CT molecular complexity index is 1720. The molecule has 4 amide bonds. The average molecular weight is 831 g/mol. The summed E-state index contributed by atoms with van der Waals surface area (Å²) in [5, 5.41) is 9.78. The third-order valence-electron chi connectivity index (χ3n) is 7.75. The fourth-order valence-electron chi connectivity index (χ4n) is 5.06. The summed E-state index contributed by atoms with van der Waals surface area (Å²) in [4.78, 5) is 60.2. The Balaban J connectivity index is 2.00. The topological polar surface area (TPSA) is 194 Å². The van der Waals surface area contributed by atoms with Crippen LogP contribution in [0.4, 0.5) is 49.1 Å². The van der Waals surface area contributed by atoms with E-state index in [9.17, 15) is 45.5 Å². The number of carbonyl (C=O) groups is 4. The summed E-state index contributed by atoms with van der Waals surface area (Å²) in [5.41, 5.74) is 6.96. The zero-order valence-corrected chi connectivity index (χ0v) is 32.3. The third-order valence-corrected chi connectivity index (χ3v) is 10.1. The Morgan fingerprint density at radius 2 is 0.946 bits per heavy atom. The largest absolute Gasteiger partial charge is 0.416 e. The summed E-state index contributed by atoms with van der Waals surface area (Å²) >= 11 is 1.99. The SMILES string of the molecule is CCCCCC(=O)Nc1cc(C(F)(F)F)cc(NC(=O)c2cc(C(=O)Nc3cc(C(F)(F)F)cc(NC(=O)CCCCC)c3SCCN)ncn2)c1SCCN. The summed E-state index contributed by atoms with van der Waals surface area (Å²) in [5.74, 6) is -2.78. The van der Waals surface area contributed by atoms with Crippen LogP contribution < -0.4 is 32.7 Å². The summed E-state index contributed by atoms with van der Waals surface area (Å²) in [7, 11) is 0. The number of carbonyl (C=O) groups excluding carboxylic acids is 4. The number of rotatable bonds is 20. The van der Waals surface area contributed by atoms with E-state index in [1.54, 1.807) is 0 Å². The van der Waals surface area contributed by atoms with Crippen molar-refractivity contribution < 1.29 is 45.5 Å². The van der Waals surface area contributed by atoms with Crippen molar-refractivity contribution in [2.24, 2.45) is 11.5 Å². The first-order chi connectivity index (χ1) is 26.5. The van der Waals surface area contributed by atoms with Gasteiger partial charge in [0.15, 0.2) is 0 Å². The van der Waals surface area contributed by atoms with E-state index < -0.39 is 58.5 Å². The van der Waals surface area contributed by atoms with Crippen LogP contribution in [-0.2, 0) is 21.9 Å². The molecule has 0 fully saturated rings. The van der Waals surface area contributed by atoms with Crippen LogP contribution in [0, 0.1) is 0 Å². The molecule has 0 saturated carbocycles. The van der Waals surface area contributed by atoms with Crippen molar-refractivity contribution in [2.75, 3.05) is 45.9 Å². The van der Waals surface area contributed by atoms with Crippen molar-refractivity contribution in [1.29, 1.82) is 0 Å². The lowest BCUT2D eigenvalue weighted by molar-refractivity contribution is -0.138. The predicted molar refractivity (Wildman–Crippen MR) is 206 cm³/mol. The van der Waals surface area contributed by atoms with Crippen LogP contribution >= 0.6 is 23.5 Å². The predicted octanol–water partition coefficient (Wildman–Crippen LogP) is 8.16. The quantitative estimate of drug-likeness (QED) is 0.0368. The number of aromatic nitrogens is 2. The molecule has 0 spiro atoms. The van der Waals surface area contributed by atoms with Crippen molar-refractivity contribution in [2.45, 2.75) is 87.4 Å². The number of nitrogens with one attached hydrogen (secondary N) is 4. The Labute approximate surface area is 328 Å². The van der Waals surface area contributed by atoms with Crippen molar-refractivity contribution >= 4 is 69.9 Å². The molecule has 0 bridgehead atoms. The first kappa shape index (κ1) is 46.0. The third kappa shape index (κ3) is 14.0. The van der Waals surface area contributed by atoms with Crippen LogP contribution in [0.25, 0.3) is 0 Å². The Hall–Kier alpha value is -4.40. The highest BCUT2D eigenvalue weighted by molar-refractivity contribution is 7.99. The van der Waals surface area contributed by atoms with Gasteiger partial charge in [0.05, 0.1) is 43.7 Å². The molecule has 1 aromatic heterocycles. The number of alkyl halides is 6. The number of unbranched alkanes of at least 4 members (excludes halogenated alkanes) is 4. The molecule has 1 heterocycles. The molecule has 2 aromatic carbocycles. The summed E-state index contributed by atoms with van der Waals surface area (Å²) in [6, 6.07) is 3.80. The summed E-state index contributed by atoms with van der Waals surface area (Å²) in [6.07, 6.45) is -4.69. The number of nitrogens with zero attached hydrogens (tertiary/aromatic N) is 2. The number of anilines is 4. The van der Waals surface area contributed by atoms with Crippen LogP contribution in [0.15, 0.2) is 46.5 Å². The molecule has 12 nitrogen and oxygen atoms in total. The van der Waals surface area contributed by atoms with Gasteiger partial charge in [-0.15, -0.1) is 23.5 Å². The van der Waals surface area contributed by atoms with Crippen LogP contribution in [0.5, 0.6) is 0 Å². The van der Waals surface area contributed by atoms with E-state index in [1.807, 2.05) is 13.8 Å². The minimum Gasteiger partial charge on any atom is -0.330 e. The van der Waals surface area contributed by atoms with Crippen molar-refractivity contribution in [3.05, 3.63) is 59.2 Å². The number of benzene rings is 2. The molecule has 0 unspecified atom stereocenters. The second-order valence-corrected chi connectivity index (χ2v) is 14.5. The molecule has 0 radical (unpaired) electrons. The summed E-state index contributed by atoms with van der Waals surface area (Å²) < 4.78 is 84.2. The maximum absolute atomic E-state index is 14.0. The van der Waals surface area contributed by atoms with Gasteiger partial charge >= 0.3 is 12.4 Å². The van der Waals surface area contributed by atoms with Gasteiger partial charge in [-0.2, -0.15) is 26.3 Å². The Morgan fingerprint density at radius 1 is 0.589 bits per heavy atom.